The molecule has 1 aliphatic rings. The zero-order valence-electron chi connectivity index (χ0n) is 18.8. The minimum atomic E-state index is -5.70. The number of fused-ring (bicyclic) bond motifs is 2. The minimum absolute atomic E-state index is 0.0545. The molecule has 0 saturated heterocycles. The second kappa shape index (κ2) is 8.30. The highest BCUT2D eigenvalue weighted by molar-refractivity contribution is 6.30. The maximum atomic E-state index is 13.6. The number of nitrogen functional groups attached to an aromatic ring is 1. The SMILES string of the molecule is CC1(c2cnccn2)C(=O)Nc2nc(-c3nc(CCC(F)(F)C(F)(F)F)n4cc(Cl)ccc34)nc(N)c21. The van der Waals surface area contributed by atoms with Gasteiger partial charge in [0.15, 0.2) is 5.82 Å². The number of nitrogens with two attached hydrogens (primary N) is 1. The smallest absolute Gasteiger partial charge is 0.383 e. The molecule has 5 rings (SSSR count). The third kappa shape index (κ3) is 3.91. The molecule has 0 radical (unpaired) electrons. The summed E-state index contributed by atoms with van der Waals surface area (Å²) in [5, 5.41) is 2.84. The van der Waals surface area contributed by atoms with Crippen LogP contribution in [0, 0.1) is 0 Å². The van der Waals surface area contributed by atoms with Gasteiger partial charge < -0.3 is 15.5 Å². The maximum absolute atomic E-state index is 13.6. The van der Waals surface area contributed by atoms with Gasteiger partial charge in [0, 0.05) is 37.6 Å². The van der Waals surface area contributed by atoms with E-state index in [0.29, 0.717) is 5.69 Å². The van der Waals surface area contributed by atoms with Gasteiger partial charge in [0.25, 0.3) is 0 Å². The zero-order valence-corrected chi connectivity index (χ0v) is 19.6. The normalized spacial score (nSPS) is 17.8. The fourth-order valence-corrected chi connectivity index (χ4v) is 4.35. The molecular weight excluding hydrogens is 523 g/mol. The Morgan fingerprint density at radius 3 is 2.57 bits per heavy atom. The average molecular weight is 539 g/mol. The van der Waals surface area contributed by atoms with Crippen LogP contribution in [0.4, 0.5) is 33.6 Å². The lowest BCUT2D eigenvalue weighted by Gasteiger charge is -2.21. The first-order valence-electron chi connectivity index (χ1n) is 10.7. The number of carbonyl (C=O) groups excluding carboxylic acids is 1. The van der Waals surface area contributed by atoms with E-state index in [9.17, 15) is 26.7 Å². The number of hydrogen-bond donors (Lipinski definition) is 2. The summed E-state index contributed by atoms with van der Waals surface area (Å²) in [5.74, 6) is -5.58. The van der Waals surface area contributed by atoms with Gasteiger partial charge in [-0.3, -0.25) is 14.8 Å². The predicted molar refractivity (Wildman–Crippen MR) is 122 cm³/mol. The molecule has 0 aliphatic carbocycles. The monoisotopic (exact) mass is 538 g/mol. The van der Waals surface area contributed by atoms with E-state index in [1.165, 1.54) is 41.3 Å². The molecule has 37 heavy (non-hydrogen) atoms. The van der Waals surface area contributed by atoms with Crippen molar-refractivity contribution in [2.24, 2.45) is 0 Å². The van der Waals surface area contributed by atoms with Gasteiger partial charge in [-0.05, 0) is 19.1 Å². The van der Waals surface area contributed by atoms with Gasteiger partial charge in [-0.2, -0.15) is 22.0 Å². The van der Waals surface area contributed by atoms with Crippen LogP contribution in [0.25, 0.3) is 17.0 Å². The van der Waals surface area contributed by atoms with E-state index in [0.717, 1.165) is 0 Å². The molecule has 0 spiro atoms. The van der Waals surface area contributed by atoms with Gasteiger partial charge in [-0.25, -0.2) is 15.0 Å². The fraction of sp³-hybridized carbons (Fsp3) is 0.273. The van der Waals surface area contributed by atoms with Crippen molar-refractivity contribution in [1.82, 2.24) is 29.3 Å². The third-order valence-electron chi connectivity index (χ3n) is 6.16. The molecule has 1 amide bonds. The van der Waals surface area contributed by atoms with Crippen molar-refractivity contribution in [3.05, 3.63) is 59.0 Å². The fourth-order valence-electron chi connectivity index (χ4n) is 4.19. The molecule has 0 bridgehead atoms. The van der Waals surface area contributed by atoms with Crippen molar-refractivity contribution in [2.45, 2.75) is 37.3 Å². The lowest BCUT2D eigenvalue weighted by molar-refractivity contribution is -0.284. The first-order valence-corrected chi connectivity index (χ1v) is 11.1. The summed E-state index contributed by atoms with van der Waals surface area (Å²) in [6.45, 7) is 1.59. The van der Waals surface area contributed by atoms with Crippen LogP contribution in [0.5, 0.6) is 0 Å². The number of halogens is 6. The number of hydrogen-bond acceptors (Lipinski definition) is 7. The quantitative estimate of drug-likeness (QED) is 0.365. The second-order valence-electron chi connectivity index (χ2n) is 8.51. The second-order valence-corrected chi connectivity index (χ2v) is 8.94. The molecule has 9 nitrogen and oxygen atoms in total. The maximum Gasteiger partial charge on any atom is 0.453 e. The molecule has 15 heteroatoms. The number of aromatic nitrogens is 6. The Kier molecular flexibility index (Phi) is 5.55. The van der Waals surface area contributed by atoms with Crippen LogP contribution < -0.4 is 11.1 Å². The van der Waals surface area contributed by atoms with Crippen LogP contribution >= 0.6 is 11.6 Å². The summed E-state index contributed by atoms with van der Waals surface area (Å²) in [6, 6.07) is 2.98. The van der Waals surface area contributed by atoms with Gasteiger partial charge in [-0.15, -0.1) is 0 Å². The standard InChI is InChI=1S/C22H16ClF5N8O/c1-20(12-8-30-6-7-31-12)14-16(29)33-18(34-17(14)35-19(20)37)15-11-3-2-10(23)9-36(11)13(32-15)4-5-21(24,25)22(26,27)28/h2-3,6-9H,4-5H2,1H3,(H3,29,33,34,35,37). The number of carbonyl (C=O) groups is 1. The molecule has 0 saturated carbocycles. The summed E-state index contributed by atoms with van der Waals surface area (Å²) < 4.78 is 66.6. The molecule has 4 aromatic rings. The number of amides is 1. The number of anilines is 2. The summed E-state index contributed by atoms with van der Waals surface area (Å²) in [4.78, 5) is 34.1. The van der Waals surface area contributed by atoms with Crippen molar-refractivity contribution in [1.29, 1.82) is 0 Å². The third-order valence-corrected chi connectivity index (χ3v) is 6.39. The van der Waals surface area contributed by atoms with Crippen molar-refractivity contribution in [3.63, 3.8) is 0 Å². The Labute approximate surface area is 209 Å². The predicted octanol–water partition coefficient (Wildman–Crippen LogP) is 4.21. The molecule has 4 aromatic heterocycles. The zero-order chi connectivity index (χ0) is 26.8. The van der Waals surface area contributed by atoms with Crippen LogP contribution in [0.2, 0.25) is 5.02 Å². The molecular formula is C22H16ClF5N8O. The molecule has 3 N–H and O–H groups in total. The lowest BCUT2D eigenvalue weighted by Crippen LogP contribution is -2.36. The largest absolute Gasteiger partial charge is 0.453 e. The van der Waals surface area contributed by atoms with Crippen molar-refractivity contribution in [3.8, 4) is 11.5 Å². The number of nitrogens with one attached hydrogen (secondary N) is 1. The van der Waals surface area contributed by atoms with Crippen molar-refractivity contribution in [2.75, 3.05) is 11.1 Å². The highest BCUT2D eigenvalue weighted by atomic mass is 35.5. The topological polar surface area (TPSA) is 124 Å². The van der Waals surface area contributed by atoms with Gasteiger partial charge >= 0.3 is 12.1 Å². The van der Waals surface area contributed by atoms with E-state index in [1.807, 2.05) is 0 Å². The lowest BCUT2D eigenvalue weighted by atomic mass is 9.81. The summed E-state index contributed by atoms with van der Waals surface area (Å²) in [7, 11) is 0. The van der Waals surface area contributed by atoms with E-state index >= 15 is 0 Å². The highest BCUT2D eigenvalue weighted by Crippen LogP contribution is 2.44. The number of aryl methyl sites for hydroxylation is 1. The first-order chi connectivity index (χ1) is 17.3. The number of imidazole rings is 1. The van der Waals surface area contributed by atoms with Gasteiger partial charge in [0.1, 0.15) is 28.6 Å². The van der Waals surface area contributed by atoms with Gasteiger partial charge in [0.05, 0.1) is 21.8 Å². The number of rotatable bonds is 5. The number of alkyl halides is 5. The molecule has 5 heterocycles. The Morgan fingerprint density at radius 1 is 1.14 bits per heavy atom. The molecule has 192 valence electrons. The van der Waals surface area contributed by atoms with Crippen molar-refractivity contribution < 1.29 is 26.7 Å². The van der Waals surface area contributed by atoms with E-state index in [1.54, 1.807) is 6.92 Å². The Bertz CT molecular complexity index is 1540. The summed E-state index contributed by atoms with van der Waals surface area (Å²) in [6.07, 6.45) is -2.34. The Hall–Kier alpha value is -3.94. The highest BCUT2D eigenvalue weighted by Gasteiger charge is 2.56. The molecule has 0 fully saturated rings. The van der Waals surface area contributed by atoms with Crippen LogP contribution in [0.3, 0.4) is 0 Å². The Morgan fingerprint density at radius 2 is 1.89 bits per heavy atom. The molecule has 0 aromatic carbocycles. The van der Waals surface area contributed by atoms with Crippen LogP contribution in [0.1, 0.15) is 30.4 Å². The first kappa shape index (κ1) is 24.7. The summed E-state index contributed by atoms with van der Waals surface area (Å²) in [5.41, 5.74) is 5.82. The van der Waals surface area contributed by atoms with Gasteiger partial charge in [-0.1, -0.05) is 11.6 Å². The number of pyridine rings is 1. The summed E-state index contributed by atoms with van der Waals surface area (Å²) >= 11 is 6.03. The van der Waals surface area contributed by atoms with Crippen LogP contribution in [0.15, 0.2) is 36.9 Å². The molecule has 1 aliphatic heterocycles. The van der Waals surface area contributed by atoms with E-state index in [4.69, 9.17) is 17.3 Å². The van der Waals surface area contributed by atoms with E-state index in [-0.39, 0.29) is 45.1 Å². The molecule has 1 atom stereocenters. The van der Waals surface area contributed by atoms with E-state index < -0.39 is 36.3 Å². The minimum Gasteiger partial charge on any atom is -0.383 e. The van der Waals surface area contributed by atoms with Gasteiger partial charge in [0.2, 0.25) is 5.91 Å². The Balaban J connectivity index is 1.61. The average Bonchev–Trinajstić information content (AvgIpc) is 3.32. The number of nitrogens with zero attached hydrogens (tertiary/aromatic N) is 6. The molecule has 1 unspecified atom stereocenters. The van der Waals surface area contributed by atoms with E-state index in [2.05, 4.69) is 30.2 Å². The van der Waals surface area contributed by atoms with Crippen LogP contribution in [-0.2, 0) is 16.6 Å². The van der Waals surface area contributed by atoms with Crippen molar-refractivity contribution >= 4 is 34.7 Å². The van der Waals surface area contributed by atoms with Crippen LogP contribution in [-0.4, -0.2) is 47.3 Å².